The molecule has 0 N–H and O–H groups in total. The summed E-state index contributed by atoms with van der Waals surface area (Å²) in [6, 6.07) is 0. The molecule has 0 aliphatic carbocycles. The van der Waals surface area contributed by atoms with E-state index in [4.69, 9.17) is 4.74 Å². The maximum atomic E-state index is 11.4. The minimum atomic E-state index is -0.493. The number of unbranched alkanes of at least 4 members (excludes halogenated alkanes) is 7. The Morgan fingerprint density at radius 2 is 1.63 bits per heavy atom. The third kappa shape index (κ3) is 11.5. The maximum absolute atomic E-state index is 11.4. The summed E-state index contributed by atoms with van der Waals surface area (Å²) in [6.07, 6.45) is 10.4. The molecule has 0 fully saturated rings. The fourth-order valence-electron chi connectivity index (χ4n) is 1.81. The summed E-state index contributed by atoms with van der Waals surface area (Å²) in [5.41, 5.74) is -0.493. The lowest BCUT2D eigenvalue weighted by atomic mass is 10.1. The van der Waals surface area contributed by atoms with Gasteiger partial charge in [0.15, 0.2) is 5.44 Å². The average molecular weight is 304 g/mol. The fourth-order valence-corrected chi connectivity index (χ4v) is 3.00. The van der Waals surface area contributed by atoms with Crippen LogP contribution in [0.2, 0.25) is 0 Å². The van der Waals surface area contributed by atoms with Crippen LogP contribution in [-0.2, 0) is 14.0 Å². The summed E-state index contributed by atoms with van der Waals surface area (Å²) in [5, 5.41) is 0. The van der Waals surface area contributed by atoms with E-state index in [1.165, 1.54) is 56.7 Å². The Bertz CT molecular complexity index is 215. The zero-order chi connectivity index (χ0) is 14.3. The van der Waals surface area contributed by atoms with Crippen LogP contribution in [0.5, 0.6) is 0 Å². The van der Waals surface area contributed by atoms with E-state index in [1.54, 1.807) is 0 Å². The number of carbonyl (C=O) groups is 1. The molecule has 0 aromatic heterocycles. The molecule has 0 bridgehead atoms. The Balaban J connectivity index is 3.42. The molecule has 0 saturated carbocycles. The monoisotopic (exact) mass is 303 g/mol. The van der Waals surface area contributed by atoms with Crippen molar-refractivity contribution in [2.24, 2.45) is 0 Å². The van der Waals surface area contributed by atoms with Gasteiger partial charge in [0.05, 0.1) is 0 Å². The summed E-state index contributed by atoms with van der Waals surface area (Å²) >= 11 is 1.52. The predicted molar refractivity (Wildman–Crippen MR) is 82.3 cm³/mol. The topological polar surface area (TPSA) is 35.5 Å². The molecule has 111 valence electrons. The summed E-state index contributed by atoms with van der Waals surface area (Å²) < 4.78 is 9.84. The van der Waals surface area contributed by atoms with Crippen molar-refractivity contribution in [3.05, 3.63) is 0 Å². The minimum Gasteiger partial charge on any atom is -0.513 e. The smallest absolute Gasteiger partial charge is 0.345 e. The molecule has 19 heavy (non-hydrogen) atoms. The highest BCUT2D eigenvalue weighted by molar-refractivity contribution is 8.00. The minimum absolute atomic E-state index is 0.358. The Kier molecular flexibility index (Phi) is 14.4. The van der Waals surface area contributed by atoms with Crippen LogP contribution in [0.4, 0.5) is 0 Å². The van der Waals surface area contributed by atoms with Gasteiger partial charge in [-0.2, -0.15) is 0 Å². The zero-order valence-electron chi connectivity index (χ0n) is 12.3. The van der Waals surface area contributed by atoms with E-state index in [1.807, 2.05) is 6.92 Å². The Labute approximate surface area is 125 Å². The standard InChI is InChI=1S/C14H27O3SSi/c1-3-5-6-7-8-9-10-11-12-18-14(16-4-2)13(15)17-19/h14H,3-12H2,1-2H3. The van der Waals surface area contributed by atoms with Gasteiger partial charge in [-0.25, -0.2) is 4.79 Å². The number of hydrogen-bond acceptors (Lipinski definition) is 4. The van der Waals surface area contributed by atoms with Gasteiger partial charge in [0.25, 0.3) is 0 Å². The molecule has 0 aromatic rings. The maximum Gasteiger partial charge on any atom is 0.345 e. The van der Waals surface area contributed by atoms with Crippen LogP contribution in [0.25, 0.3) is 0 Å². The molecule has 0 heterocycles. The van der Waals surface area contributed by atoms with Crippen LogP contribution < -0.4 is 0 Å². The SMILES string of the molecule is CCCCCCCCCCSC(OCC)C(=O)O[Si]. The highest BCUT2D eigenvalue weighted by Gasteiger charge is 2.18. The summed E-state index contributed by atoms with van der Waals surface area (Å²) in [4.78, 5) is 11.4. The Morgan fingerprint density at radius 3 is 2.16 bits per heavy atom. The van der Waals surface area contributed by atoms with Gasteiger partial charge < -0.3 is 9.16 Å². The average Bonchev–Trinajstić information content (AvgIpc) is 2.43. The third-order valence-electron chi connectivity index (χ3n) is 2.88. The number of carbonyl (C=O) groups excluding carboxylic acids is 1. The van der Waals surface area contributed by atoms with Gasteiger partial charge in [-0.1, -0.05) is 51.9 Å². The van der Waals surface area contributed by atoms with Gasteiger partial charge in [-0.05, 0) is 19.1 Å². The van der Waals surface area contributed by atoms with E-state index in [-0.39, 0.29) is 5.97 Å². The Hall–Kier alpha value is -0.00312. The van der Waals surface area contributed by atoms with Crippen LogP contribution in [0.3, 0.4) is 0 Å². The molecule has 3 radical (unpaired) electrons. The van der Waals surface area contributed by atoms with Gasteiger partial charge in [-0.3, -0.25) is 0 Å². The van der Waals surface area contributed by atoms with Gasteiger partial charge >= 0.3 is 16.5 Å². The number of ether oxygens (including phenoxy) is 1. The lowest BCUT2D eigenvalue weighted by Crippen LogP contribution is -2.23. The fraction of sp³-hybridized carbons (Fsp3) is 0.929. The molecule has 1 unspecified atom stereocenters. The molecular weight excluding hydrogens is 276 g/mol. The lowest BCUT2D eigenvalue weighted by molar-refractivity contribution is -0.141. The van der Waals surface area contributed by atoms with Crippen LogP contribution in [0.15, 0.2) is 0 Å². The second kappa shape index (κ2) is 14.4. The molecule has 0 rings (SSSR count). The third-order valence-corrected chi connectivity index (χ3v) is 4.24. The molecule has 0 spiro atoms. The lowest BCUT2D eigenvalue weighted by Gasteiger charge is -2.13. The van der Waals surface area contributed by atoms with Gasteiger partial charge in [0, 0.05) is 6.61 Å². The van der Waals surface area contributed by atoms with E-state index in [2.05, 4.69) is 21.8 Å². The molecule has 3 nitrogen and oxygen atoms in total. The number of thioether (sulfide) groups is 1. The van der Waals surface area contributed by atoms with Crippen LogP contribution >= 0.6 is 11.8 Å². The normalized spacial score (nSPS) is 12.4. The second-order valence-corrected chi connectivity index (χ2v) is 5.93. The molecule has 5 heteroatoms. The zero-order valence-corrected chi connectivity index (χ0v) is 14.1. The Morgan fingerprint density at radius 1 is 1.05 bits per heavy atom. The first kappa shape index (κ1) is 19.0. The van der Waals surface area contributed by atoms with E-state index in [9.17, 15) is 4.79 Å². The first-order valence-electron chi connectivity index (χ1n) is 7.36. The largest absolute Gasteiger partial charge is 0.513 e. The van der Waals surface area contributed by atoms with Gasteiger partial charge in [0.2, 0.25) is 0 Å². The second-order valence-electron chi connectivity index (χ2n) is 4.55. The predicted octanol–water partition coefficient (Wildman–Crippen LogP) is 3.85. The highest BCUT2D eigenvalue weighted by atomic mass is 32.2. The summed E-state index contributed by atoms with van der Waals surface area (Å²) in [6.45, 7) is 4.64. The van der Waals surface area contributed by atoms with E-state index in [0.717, 1.165) is 12.2 Å². The molecule has 0 amide bonds. The first-order valence-corrected chi connectivity index (χ1v) is 8.82. The van der Waals surface area contributed by atoms with Crippen molar-refractivity contribution in [1.29, 1.82) is 0 Å². The van der Waals surface area contributed by atoms with Crippen molar-refractivity contribution < 1.29 is 14.0 Å². The highest BCUT2D eigenvalue weighted by Crippen LogP contribution is 2.17. The van der Waals surface area contributed by atoms with Crippen molar-refractivity contribution in [1.82, 2.24) is 0 Å². The molecule has 0 saturated heterocycles. The van der Waals surface area contributed by atoms with Crippen LogP contribution in [0.1, 0.15) is 65.2 Å². The van der Waals surface area contributed by atoms with Crippen molar-refractivity contribution >= 4 is 28.2 Å². The summed E-state index contributed by atoms with van der Waals surface area (Å²) in [7, 11) is 2.75. The molecule has 1 atom stereocenters. The molecule has 0 aliphatic heterocycles. The van der Waals surface area contributed by atoms with Crippen molar-refractivity contribution in [3.63, 3.8) is 0 Å². The van der Waals surface area contributed by atoms with Crippen molar-refractivity contribution in [3.8, 4) is 0 Å². The van der Waals surface area contributed by atoms with Crippen LogP contribution in [0, 0.1) is 0 Å². The first-order chi connectivity index (χ1) is 9.26. The van der Waals surface area contributed by atoms with Crippen molar-refractivity contribution in [2.75, 3.05) is 12.4 Å². The van der Waals surface area contributed by atoms with Crippen LogP contribution in [-0.4, -0.2) is 34.3 Å². The van der Waals surface area contributed by atoms with E-state index in [0.29, 0.717) is 6.61 Å². The molecule has 0 aromatic carbocycles. The summed E-state index contributed by atoms with van der Waals surface area (Å²) in [5.74, 6) is 0.587. The number of rotatable bonds is 13. The molecule has 0 aliphatic rings. The molecular formula is C14H27O3SSi. The number of hydrogen-bond donors (Lipinski definition) is 0. The quantitative estimate of drug-likeness (QED) is 0.294. The van der Waals surface area contributed by atoms with Crippen molar-refractivity contribution in [2.45, 2.75) is 70.7 Å². The van der Waals surface area contributed by atoms with Gasteiger partial charge in [0.1, 0.15) is 0 Å². The van der Waals surface area contributed by atoms with E-state index >= 15 is 0 Å². The van der Waals surface area contributed by atoms with Gasteiger partial charge in [-0.15, -0.1) is 11.8 Å². The van der Waals surface area contributed by atoms with E-state index < -0.39 is 5.44 Å².